The van der Waals surface area contributed by atoms with E-state index in [0.29, 0.717) is 11.6 Å². The molecule has 1 amide bonds. The highest BCUT2D eigenvalue weighted by molar-refractivity contribution is 7.07. The fourth-order valence-corrected chi connectivity index (χ4v) is 2.70. The van der Waals surface area contributed by atoms with Crippen molar-refractivity contribution in [3.63, 3.8) is 0 Å². The van der Waals surface area contributed by atoms with E-state index in [0.717, 1.165) is 11.3 Å². The SMILES string of the molecule is CC(C)c1cc(C(=O)NCC(O)c2ccsc2)nn1C. The third kappa shape index (κ3) is 3.26. The van der Waals surface area contributed by atoms with Crippen LogP contribution < -0.4 is 5.32 Å². The third-order valence-electron chi connectivity index (χ3n) is 3.12. The molecule has 6 heteroatoms. The summed E-state index contributed by atoms with van der Waals surface area (Å²) in [5, 5.41) is 20.6. The number of nitrogens with one attached hydrogen (secondary N) is 1. The van der Waals surface area contributed by atoms with Crippen molar-refractivity contribution in [2.45, 2.75) is 25.9 Å². The van der Waals surface area contributed by atoms with Crippen molar-refractivity contribution < 1.29 is 9.90 Å². The number of amides is 1. The predicted octanol–water partition coefficient (Wildman–Crippen LogP) is 2.07. The molecule has 0 aliphatic rings. The molecule has 2 heterocycles. The van der Waals surface area contributed by atoms with E-state index in [2.05, 4.69) is 24.3 Å². The molecule has 1 unspecified atom stereocenters. The van der Waals surface area contributed by atoms with Crippen LogP contribution in [0.15, 0.2) is 22.9 Å². The van der Waals surface area contributed by atoms with Crippen LogP contribution >= 0.6 is 11.3 Å². The molecule has 5 nitrogen and oxygen atoms in total. The van der Waals surface area contributed by atoms with Crippen LogP contribution in [0.2, 0.25) is 0 Å². The van der Waals surface area contributed by atoms with Crippen molar-refractivity contribution in [3.05, 3.63) is 39.8 Å². The van der Waals surface area contributed by atoms with Crippen molar-refractivity contribution >= 4 is 17.2 Å². The molecule has 0 aromatic carbocycles. The van der Waals surface area contributed by atoms with Gasteiger partial charge in [0.2, 0.25) is 0 Å². The lowest BCUT2D eigenvalue weighted by Gasteiger charge is -2.09. The number of hydrogen-bond donors (Lipinski definition) is 2. The van der Waals surface area contributed by atoms with Crippen LogP contribution in [0, 0.1) is 0 Å². The molecule has 0 radical (unpaired) electrons. The van der Waals surface area contributed by atoms with E-state index in [1.807, 2.05) is 23.9 Å². The van der Waals surface area contributed by atoms with E-state index in [-0.39, 0.29) is 12.5 Å². The maximum atomic E-state index is 12.0. The summed E-state index contributed by atoms with van der Waals surface area (Å²) in [5.74, 6) is 0.0484. The molecule has 0 fully saturated rings. The molecule has 0 spiro atoms. The molecule has 0 aliphatic carbocycles. The molecular formula is C14H19N3O2S. The summed E-state index contributed by atoms with van der Waals surface area (Å²) in [6.07, 6.45) is -0.682. The smallest absolute Gasteiger partial charge is 0.271 e. The second-order valence-electron chi connectivity index (χ2n) is 5.02. The minimum Gasteiger partial charge on any atom is -0.387 e. The van der Waals surface area contributed by atoms with Gasteiger partial charge in [0.05, 0.1) is 6.10 Å². The maximum Gasteiger partial charge on any atom is 0.271 e. The summed E-state index contributed by atoms with van der Waals surface area (Å²) in [6.45, 7) is 4.29. The summed E-state index contributed by atoms with van der Waals surface area (Å²) < 4.78 is 1.72. The third-order valence-corrected chi connectivity index (χ3v) is 3.83. The Labute approximate surface area is 122 Å². The normalized spacial score (nSPS) is 12.7. The first-order chi connectivity index (χ1) is 9.49. The van der Waals surface area contributed by atoms with Gasteiger partial charge in [-0.3, -0.25) is 9.48 Å². The number of aryl methyl sites for hydroxylation is 1. The lowest BCUT2D eigenvalue weighted by molar-refractivity contribution is 0.0911. The van der Waals surface area contributed by atoms with E-state index in [1.165, 1.54) is 11.3 Å². The van der Waals surface area contributed by atoms with E-state index in [9.17, 15) is 9.90 Å². The first-order valence-electron chi connectivity index (χ1n) is 6.51. The summed E-state index contributed by atoms with van der Waals surface area (Å²) in [6, 6.07) is 3.64. The van der Waals surface area contributed by atoms with Crippen molar-refractivity contribution in [1.82, 2.24) is 15.1 Å². The van der Waals surface area contributed by atoms with Gasteiger partial charge in [-0.2, -0.15) is 16.4 Å². The molecule has 2 N–H and O–H groups in total. The highest BCUT2D eigenvalue weighted by atomic mass is 32.1. The van der Waals surface area contributed by atoms with Gasteiger partial charge in [-0.15, -0.1) is 0 Å². The minimum atomic E-state index is -0.682. The molecule has 2 aromatic rings. The standard InChI is InChI=1S/C14H19N3O2S/c1-9(2)12-6-11(16-17(12)3)14(19)15-7-13(18)10-4-5-20-8-10/h4-6,8-9,13,18H,7H2,1-3H3,(H,15,19). The second kappa shape index (κ2) is 6.19. The van der Waals surface area contributed by atoms with E-state index >= 15 is 0 Å². The lowest BCUT2D eigenvalue weighted by Crippen LogP contribution is -2.28. The van der Waals surface area contributed by atoms with Crippen molar-refractivity contribution in [2.24, 2.45) is 7.05 Å². The molecule has 108 valence electrons. The second-order valence-corrected chi connectivity index (χ2v) is 5.80. The zero-order valence-corrected chi connectivity index (χ0v) is 12.6. The molecule has 2 aromatic heterocycles. The largest absolute Gasteiger partial charge is 0.387 e. The summed E-state index contributed by atoms with van der Waals surface area (Å²) in [7, 11) is 1.83. The van der Waals surface area contributed by atoms with Gasteiger partial charge < -0.3 is 10.4 Å². The molecule has 0 aliphatic heterocycles. The maximum absolute atomic E-state index is 12.0. The summed E-state index contributed by atoms with van der Waals surface area (Å²) in [5.41, 5.74) is 2.21. The Morgan fingerprint density at radius 2 is 2.30 bits per heavy atom. The molecule has 20 heavy (non-hydrogen) atoms. The topological polar surface area (TPSA) is 67.2 Å². The van der Waals surface area contributed by atoms with Gasteiger partial charge in [-0.05, 0) is 34.4 Å². The predicted molar refractivity (Wildman–Crippen MR) is 78.9 cm³/mol. The summed E-state index contributed by atoms with van der Waals surface area (Å²) >= 11 is 1.52. The van der Waals surface area contributed by atoms with Gasteiger partial charge in [-0.1, -0.05) is 13.8 Å². The van der Waals surface area contributed by atoms with Crippen LogP contribution in [0.1, 0.15) is 47.6 Å². The number of thiophene rings is 1. The number of carbonyl (C=O) groups is 1. The van der Waals surface area contributed by atoms with Gasteiger partial charge in [0.25, 0.3) is 5.91 Å². The Hall–Kier alpha value is -1.66. The van der Waals surface area contributed by atoms with Gasteiger partial charge in [0.15, 0.2) is 0 Å². The number of carbonyl (C=O) groups excluding carboxylic acids is 1. The van der Waals surface area contributed by atoms with Crippen molar-refractivity contribution in [1.29, 1.82) is 0 Å². The fraction of sp³-hybridized carbons (Fsp3) is 0.429. The highest BCUT2D eigenvalue weighted by Gasteiger charge is 2.16. The first-order valence-corrected chi connectivity index (χ1v) is 7.45. The number of aromatic nitrogens is 2. The van der Waals surface area contributed by atoms with E-state index in [4.69, 9.17) is 0 Å². The Morgan fingerprint density at radius 1 is 1.55 bits per heavy atom. The Kier molecular flexibility index (Phi) is 4.57. The van der Waals surface area contributed by atoms with Crippen LogP contribution in [0.3, 0.4) is 0 Å². The minimum absolute atomic E-state index is 0.184. The molecular weight excluding hydrogens is 274 g/mol. The van der Waals surface area contributed by atoms with Crippen LogP contribution in [0.5, 0.6) is 0 Å². The number of hydrogen-bond acceptors (Lipinski definition) is 4. The lowest BCUT2D eigenvalue weighted by atomic mass is 10.1. The number of nitrogens with zero attached hydrogens (tertiary/aromatic N) is 2. The fourth-order valence-electron chi connectivity index (χ4n) is 2.00. The van der Waals surface area contributed by atoms with Gasteiger partial charge in [0, 0.05) is 19.3 Å². The number of rotatable bonds is 5. The Balaban J connectivity index is 1.97. The monoisotopic (exact) mass is 293 g/mol. The molecule has 0 bridgehead atoms. The summed E-state index contributed by atoms with van der Waals surface area (Å²) in [4.78, 5) is 12.0. The average molecular weight is 293 g/mol. The first kappa shape index (κ1) is 14.7. The number of aliphatic hydroxyl groups is 1. The average Bonchev–Trinajstić information content (AvgIpc) is 3.04. The quantitative estimate of drug-likeness (QED) is 0.887. The molecule has 0 saturated carbocycles. The number of aliphatic hydroxyl groups excluding tert-OH is 1. The van der Waals surface area contributed by atoms with Crippen LogP contribution in [-0.4, -0.2) is 27.3 Å². The molecule has 2 rings (SSSR count). The zero-order valence-electron chi connectivity index (χ0n) is 11.8. The molecule has 1 atom stereocenters. The Morgan fingerprint density at radius 3 is 2.85 bits per heavy atom. The molecule has 0 saturated heterocycles. The van der Waals surface area contributed by atoms with E-state index < -0.39 is 6.10 Å². The van der Waals surface area contributed by atoms with Crippen LogP contribution in [0.4, 0.5) is 0 Å². The van der Waals surface area contributed by atoms with Crippen molar-refractivity contribution in [3.8, 4) is 0 Å². The Bertz CT molecular complexity index is 575. The highest BCUT2D eigenvalue weighted by Crippen LogP contribution is 2.16. The van der Waals surface area contributed by atoms with Gasteiger partial charge in [0.1, 0.15) is 5.69 Å². The zero-order chi connectivity index (χ0) is 14.7. The van der Waals surface area contributed by atoms with Gasteiger partial charge >= 0.3 is 0 Å². The van der Waals surface area contributed by atoms with Crippen molar-refractivity contribution in [2.75, 3.05) is 6.54 Å². The van der Waals surface area contributed by atoms with Crippen LogP contribution in [-0.2, 0) is 7.05 Å². The van der Waals surface area contributed by atoms with E-state index in [1.54, 1.807) is 10.7 Å². The van der Waals surface area contributed by atoms with Crippen LogP contribution in [0.25, 0.3) is 0 Å². The van der Waals surface area contributed by atoms with Gasteiger partial charge in [-0.25, -0.2) is 0 Å².